The van der Waals surface area contributed by atoms with Crippen molar-refractivity contribution >= 4 is 11.7 Å². The van der Waals surface area contributed by atoms with E-state index in [1.165, 1.54) is 36.1 Å². The molecule has 8 nitrogen and oxygen atoms in total. The molecule has 1 aromatic carbocycles. The molecule has 3 aromatic heterocycles. The lowest BCUT2D eigenvalue weighted by Gasteiger charge is -2.16. The van der Waals surface area contributed by atoms with Crippen molar-refractivity contribution in [1.29, 1.82) is 0 Å². The Bertz CT molecular complexity index is 1250. The quantitative estimate of drug-likeness (QED) is 0.496. The number of nitrogens with zero attached hydrogens (tertiary/aromatic N) is 4. The first-order valence-electron chi connectivity index (χ1n) is 10.4. The highest BCUT2D eigenvalue weighted by atomic mass is 16.4. The summed E-state index contributed by atoms with van der Waals surface area (Å²) in [5.41, 5.74) is 3.94. The summed E-state index contributed by atoms with van der Waals surface area (Å²) in [6.45, 7) is 5.37. The Balaban J connectivity index is 1.36. The molecule has 31 heavy (non-hydrogen) atoms. The Kier molecular flexibility index (Phi) is 5.13. The van der Waals surface area contributed by atoms with Crippen molar-refractivity contribution in [2.24, 2.45) is 0 Å². The van der Waals surface area contributed by atoms with E-state index in [1.54, 1.807) is 30.9 Å². The van der Waals surface area contributed by atoms with Gasteiger partial charge in [0, 0.05) is 36.4 Å². The number of aryl methyl sites for hydroxylation is 1. The Morgan fingerprint density at radius 1 is 1.16 bits per heavy atom. The second-order valence-corrected chi connectivity index (χ2v) is 7.83. The molecular formula is C23H24N6O2. The number of aromatic nitrogens is 4. The maximum Gasteiger partial charge on any atom is 0.331 e. The van der Waals surface area contributed by atoms with Gasteiger partial charge in [0.2, 0.25) is 0 Å². The highest BCUT2D eigenvalue weighted by Gasteiger charge is 2.14. The maximum absolute atomic E-state index is 11.9. The third-order valence-corrected chi connectivity index (χ3v) is 5.58. The highest BCUT2D eigenvalue weighted by molar-refractivity contribution is 5.63. The van der Waals surface area contributed by atoms with E-state index < -0.39 is 0 Å². The fraction of sp³-hybridized carbons (Fsp3) is 0.261. The standard InChI is InChI=1S/C23H24N6O2/c1-16-4-5-17(15-28-9-2-3-10-28)12-19(16)27-22-26-14-20(31-22)18-6-7-24-21(13-18)29-11-8-25-23(29)30/h4-8,11-14H,2-3,9-10,15H2,1H3,(H,25,30)(H,26,27). The Hall–Kier alpha value is -3.65. The van der Waals surface area contributed by atoms with Gasteiger partial charge in [0.1, 0.15) is 5.82 Å². The summed E-state index contributed by atoms with van der Waals surface area (Å²) in [4.78, 5) is 25.6. The number of nitrogens with one attached hydrogen (secondary N) is 2. The number of H-pyrrole nitrogens is 1. The number of rotatable bonds is 6. The molecule has 1 saturated heterocycles. The van der Waals surface area contributed by atoms with Gasteiger partial charge in [0.15, 0.2) is 5.76 Å². The SMILES string of the molecule is Cc1ccc(CN2CCCC2)cc1Nc1ncc(-c2ccnc(-n3cc[nH]c3=O)c2)o1. The van der Waals surface area contributed by atoms with Crippen LogP contribution in [-0.4, -0.2) is 37.5 Å². The Morgan fingerprint density at radius 2 is 2.03 bits per heavy atom. The predicted molar refractivity (Wildman–Crippen MR) is 119 cm³/mol. The molecule has 0 bridgehead atoms. The second-order valence-electron chi connectivity index (χ2n) is 7.83. The van der Waals surface area contributed by atoms with Gasteiger partial charge in [-0.15, -0.1) is 0 Å². The highest BCUT2D eigenvalue weighted by Crippen LogP contribution is 2.27. The van der Waals surface area contributed by atoms with Crippen LogP contribution in [0.15, 0.2) is 64.3 Å². The third kappa shape index (κ3) is 4.15. The molecule has 8 heteroatoms. The van der Waals surface area contributed by atoms with Gasteiger partial charge >= 0.3 is 5.69 Å². The normalized spacial score (nSPS) is 14.2. The van der Waals surface area contributed by atoms with Crippen LogP contribution in [0.2, 0.25) is 0 Å². The summed E-state index contributed by atoms with van der Waals surface area (Å²) in [7, 11) is 0. The number of hydrogen-bond acceptors (Lipinski definition) is 6. The van der Waals surface area contributed by atoms with Crippen LogP contribution in [0.5, 0.6) is 0 Å². The first kappa shape index (κ1) is 19.3. The van der Waals surface area contributed by atoms with Crippen molar-refractivity contribution in [1.82, 2.24) is 24.4 Å². The molecule has 0 radical (unpaired) electrons. The van der Waals surface area contributed by atoms with Crippen molar-refractivity contribution in [3.8, 4) is 17.1 Å². The number of aromatic amines is 1. The number of hydrogen-bond donors (Lipinski definition) is 2. The van der Waals surface area contributed by atoms with Crippen LogP contribution in [-0.2, 0) is 6.54 Å². The van der Waals surface area contributed by atoms with Gasteiger partial charge in [-0.1, -0.05) is 12.1 Å². The van der Waals surface area contributed by atoms with E-state index in [-0.39, 0.29) is 5.69 Å². The first-order chi connectivity index (χ1) is 15.2. The lowest BCUT2D eigenvalue weighted by atomic mass is 10.1. The molecule has 0 unspecified atom stereocenters. The van der Waals surface area contributed by atoms with Crippen molar-refractivity contribution in [2.45, 2.75) is 26.3 Å². The fourth-order valence-corrected chi connectivity index (χ4v) is 3.89. The van der Waals surface area contributed by atoms with E-state index >= 15 is 0 Å². The largest absolute Gasteiger partial charge is 0.423 e. The van der Waals surface area contributed by atoms with Gasteiger partial charge in [-0.05, 0) is 62.2 Å². The molecule has 0 spiro atoms. The monoisotopic (exact) mass is 416 g/mol. The van der Waals surface area contributed by atoms with Crippen molar-refractivity contribution in [2.75, 3.05) is 18.4 Å². The van der Waals surface area contributed by atoms with Crippen molar-refractivity contribution in [3.63, 3.8) is 0 Å². The number of imidazole rings is 1. The van der Waals surface area contributed by atoms with Crippen LogP contribution < -0.4 is 11.0 Å². The third-order valence-electron chi connectivity index (χ3n) is 5.58. The number of oxazole rings is 1. The van der Waals surface area contributed by atoms with E-state index in [0.717, 1.165) is 23.4 Å². The zero-order valence-corrected chi connectivity index (χ0v) is 17.3. The summed E-state index contributed by atoms with van der Waals surface area (Å²) in [6.07, 6.45) is 9.10. The molecule has 0 amide bonds. The topological polar surface area (TPSA) is 92.0 Å². The van der Waals surface area contributed by atoms with Gasteiger partial charge in [-0.25, -0.2) is 14.8 Å². The molecule has 1 fully saturated rings. The van der Waals surface area contributed by atoms with Crippen LogP contribution in [0.25, 0.3) is 17.1 Å². The van der Waals surface area contributed by atoms with E-state index in [2.05, 4.69) is 50.3 Å². The van der Waals surface area contributed by atoms with Crippen LogP contribution >= 0.6 is 0 Å². The zero-order valence-electron chi connectivity index (χ0n) is 17.3. The number of pyridine rings is 1. The molecule has 5 rings (SSSR count). The average Bonchev–Trinajstić information content (AvgIpc) is 3.53. The fourth-order valence-electron chi connectivity index (χ4n) is 3.89. The van der Waals surface area contributed by atoms with Crippen LogP contribution in [0.3, 0.4) is 0 Å². The van der Waals surface area contributed by atoms with Gasteiger partial charge < -0.3 is 14.7 Å². The molecule has 1 aliphatic rings. The van der Waals surface area contributed by atoms with E-state index in [1.807, 2.05) is 6.07 Å². The molecule has 4 heterocycles. The van der Waals surface area contributed by atoms with Gasteiger partial charge in [-0.3, -0.25) is 9.47 Å². The molecule has 1 aliphatic heterocycles. The predicted octanol–water partition coefficient (Wildman–Crippen LogP) is 3.86. The number of anilines is 2. The molecule has 158 valence electrons. The van der Waals surface area contributed by atoms with E-state index in [4.69, 9.17) is 4.42 Å². The maximum atomic E-state index is 11.9. The molecule has 0 saturated carbocycles. The van der Waals surface area contributed by atoms with Crippen LogP contribution in [0, 0.1) is 6.92 Å². The minimum absolute atomic E-state index is 0.242. The molecule has 0 atom stereocenters. The summed E-state index contributed by atoms with van der Waals surface area (Å²) in [5.74, 6) is 1.11. The van der Waals surface area contributed by atoms with E-state index in [0.29, 0.717) is 17.6 Å². The number of benzene rings is 1. The lowest BCUT2D eigenvalue weighted by Crippen LogP contribution is -2.18. The molecule has 4 aromatic rings. The smallest absolute Gasteiger partial charge is 0.331 e. The first-order valence-corrected chi connectivity index (χ1v) is 10.4. The van der Waals surface area contributed by atoms with Gasteiger partial charge in [0.25, 0.3) is 6.01 Å². The van der Waals surface area contributed by atoms with Crippen molar-refractivity contribution < 1.29 is 4.42 Å². The average molecular weight is 416 g/mol. The molecular weight excluding hydrogens is 392 g/mol. The van der Waals surface area contributed by atoms with Gasteiger partial charge in [0.05, 0.1) is 6.20 Å². The molecule has 2 N–H and O–H groups in total. The Labute approximate surface area is 179 Å². The summed E-state index contributed by atoms with van der Waals surface area (Å²) >= 11 is 0. The second kappa shape index (κ2) is 8.23. The van der Waals surface area contributed by atoms with Crippen LogP contribution in [0.4, 0.5) is 11.7 Å². The Morgan fingerprint density at radius 3 is 2.84 bits per heavy atom. The van der Waals surface area contributed by atoms with E-state index in [9.17, 15) is 4.79 Å². The summed E-state index contributed by atoms with van der Waals surface area (Å²) < 4.78 is 7.39. The van der Waals surface area contributed by atoms with Gasteiger partial charge in [-0.2, -0.15) is 0 Å². The lowest BCUT2D eigenvalue weighted by molar-refractivity contribution is 0.331. The summed E-state index contributed by atoms with van der Waals surface area (Å²) in [6, 6.07) is 10.5. The minimum atomic E-state index is -0.242. The summed E-state index contributed by atoms with van der Waals surface area (Å²) in [5, 5.41) is 3.31. The van der Waals surface area contributed by atoms with Crippen LogP contribution in [0.1, 0.15) is 24.0 Å². The molecule has 0 aliphatic carbocycles. The van der Waals surface area contributed by atoms with Crippen molar-refractivity contribution in [3.05, 3.63) is 76.7 Å². The number of likely N-dealkylation sites (tertiary alicyclic amines) is 1. The zero-order chi connectivity index (χ0) is 21.2. The minimum Gasteiger partial charge on any atom is -0.423 e.